The van der Waals surface area contributed by atoms with E-state index in [1.807, 2.05) is 37.3 Å². The molecule has 2 N–H and O–H groups in total. The summed E-state index contributed by atoms with van der Waals surface area (Å²) in [7, 11) is 1.66. The highest BCUT2D eigenvalue weighted by molar-refractivity contribution is 5.74. The predicted octanol–water partition coefficient (Wildman–Crippen LogP) is 3.11. The lowest BCUT2D eigenvalue weighted by atomic mass is 10.1. The van der Waals surface area contributed by atoms with Crippen molar-refractivity contribution in [1.29, 1.82) is 0 Å². The molecule has 5 heteroatoms. The standard InChI is InChI=1S/C17H22N2O3/c1-13(5-6-14-7-9-15(21-2)10-8-14)19-17(20)18-12-16-4-3-11-22-16/h3-4,7-11,13H,5-6,12H2,1-2H3,(H2,18,19,20). The van der Waals surface area contributed by atoms with Crippen molar-refractivity contribution in [3.05, 3.63) is 54.0 Å². The first-order valence-corrected chi connectivity index (χ1v) is 7.37. The molecule has 0 fully saturated rings. The summed E-state index contributed by atoms with van der Waals surface area (Å²) in [5.74, 6) is 1.59. The fourth-order valence-corrected chi connectivity index (χ4v) is 2.10. The molecule has 2 rings (SSSR count). The lowest BCUT2D eigenvalue weighted by Gasteiger charge is -2.14. The van der Waals surface area contributed by atoms with Gasteiger partial charge in [0.2, 0.25) is 0 Å². The Morgan fingerprint density at radius 3 is 2.68 bits per heavy atom. The fourth-order valence-electron chi connectivity index (χ4n) is 2.10. The van der Waals surface area contributed by atoms with Gasteiger partial charge in [0.15, 0.2) is 0 Å². The topological polar surface area (TPSA) is 63.5 Å². The summed E-state index contributed by atoms with van der Waals surface area (Å²) in [6.45, 7) is 2.39. The van der Waals surface area contributed by atoms with Gasteiger partial charge in [0, 0.05) is 6.04 Å². The molecule has 0 bridgehead atoms. The van der Waals surface area contributed by atoms with Crippen molar-refractivity contribution in [2.24, 2.45) is 0 Å². The molecule has 0 spiro atoms. The molecule has 1 unspecified atom stereocenters. The van der Waals surface area contributed by atoms with E-state index in [2.05, 4.69) is 10.6 Å². The molecular weight excluding hydrogens is 280 g/mol. The second-order valence-corrected chi connectivity index (χ2v) is 5.19. The van der Waals surface area contributed by atoms with Gasteiger partial charge in [-0.05, 0) is 49.6 Å². The van der Waals surface area contributed by atoms with E-state index < -0.39 is 0 Å². The number of furan rings is 1. The Morgan fingerprint density at radius 1 is 1.27 bits per heavy atom. The SMILES string of the molecule is COc1ccc(CCC(C)NC(=O)NCc2ccco2)cc1. The minimum absolute atomic E-state index is 0.0960. The average molecular weight is 302 g/mol. The van der Waals surface area contributed by atoms with Gasteiger partial charge in [0.25, 0.3) is 0 Å². The summed E-state index contributed by atoms with van der Waals surface area (Å²) in [5.41, 5.74) is 1.23. The molecule has 2 amide bonds. The van der Waals surface area contributed by atoms with E-state index in [-0.39, 0.29) is 12.1 Å². The molecular formula is C17H22N2O3. The monoisotopic (exact) mass is 302 g/mol. The molecule has 0 radical (unpaired) electrons. The van der Waals surface area contributed by atoms with E-state index in [1.165, 1.54) is 5.56 Å². The average Bonchev–Trinajstić information content (AvgIpc) is 3.05. The van der Waals surface area contributed by atoms with Crippen molar-refractivity contribution < 1.29 is 13.9 Å². The maximum atomic E-state index is 11.8. The van der Waals surface area contributed by atoms with E-state index in [0.29, 0.717) is 6.54 Å². The van der Waals surface area contributed by atoms with Gasteiger partial charge in [-0.15, -0.1) is 0 Å². The second-order valence-electron chi connectivity index (χ2n) is 5.19. The highest BCUT2D eigenvalue weighted by Gasteiger charge is 2.08. The van der Waals surface area contributed by atoms with Crippen molar-refractivity contribution in [3.63, 3.8) is 0 Å². The van der Waals surface area contributed by atoms with E-state index in [4.69, 9.17) is 9.15 Å². The summed E-state index contributed by atoms with van der Waals surface area (Å²) in [5, 5.41) is 5.69. The van der Waals surface area contributed by atoms with Gasteiger partial charge in [0.05, 0.1) is 19.9 Å². The Bertz CT molecular complexity index is 564. The van der Waals surface area contributed by atoms with Gasteiger partial charge < -0.3 is 19.8 Å². The van der Waals surface area contributed by atoms with Crippen molar-refractivity contribution in [2.45, 2.75) is 32.4 Å². The number of ether oxygens (including phenoxy) is 1. The maximum Gasteiger partial charge on any atom is 0.315 e. The Kier molecular flexibility index (Phi) is 5.89. The van der Waals surface area contributed by atoms with Crippen molar-refractivity contribution in [3.8, 4) is 5.75 Å². The Hall–Kier alpha value is -2.43. The zero-order valence-electron chi connectivity index (χ0n) is 13.0. The first-order valence-electron chi connectivity index (χ1n) is 7.37. The minimum Gasteiger partial charge on any atom is -0.497 e. The lowest BCUT2D eigenvalue weighted by Crippen LogP contribution is -2.40. The van der Waals surface area contributed by atoms with Gasteiger partial charge in [-0.3, -0.25) is 0 Å². The van der Waals surface area contributed by atoms with E-state index in [9.17, 15) is 4.79 Å². The number of methoxy groups -OCH3 is 1. The first-order chi connectivity index (χ1) is 10.7. The normalized spacial score (nSPS) is 11.7. The van der Waals surface area contributed by atoms with E-state index >= 15 is 0 Å². The van der Waals surface area contributed by atoms with Crippen LogP contribution in [0.1, 0.15) is 24.7 Å². The minimum atomic E-state index is -0.182. The third-order valence-corrected chi connectivity index (χ3v) is 3.41. The highest BCUT2D eigenvalue weighted by Crippen LogP contribution is 2.13. The zero-order chi connectivity index (χ0) is 15.8. The molecule has 118 valence electrons. The number of rotatable bonds is 7. The molecule has 0 saturated carbocycles. The first kappa shape index (κ1) is 15.9. The van der Waals surface area contributed by atoms with Crippen LogP contribution in [0, 0.1) is 0 Å². The number of aryl methyl sites for hydroxylation is 1. The summed E-state index contributed by atoms with van der Waals surface area (Å²) in [6.07, 6.45) is 3.37. The second kappa shape index (κ2) is 8.12. The number of amides is 2. The Balaban J connectivity index is 1.67. The fraction of sp³-hybridized carbons (Fsp3) is 0.353. The van der Waals surface area contributed by atoms with Gasteiger partial charge >= 0.3 is 6.03 Å². The summed E-state index contributed by atoms with van der Waals surface area (Å²) in [4.78, 5) is 11.8. The number of benzene rings is 1. The zero-order valence-corrected chi connectivity index (χ0v) is 13.0. The number of carbonyl (C=O) groups excluding carboxylic acids is 1. The third kappa shape index (κ3) is 5.16. The highest BCUT2D eigenvalue weighted by atomic mass is 16.5. The van der Waals surface area contributed by atoms with Crippen LogP contribution in [-0.4, -0.2) is 19.2 Å². The van der Waals surface area contributed by atoms with Crippen molar-refractivity contribution in [2.75, 3.05) is 7.11 Å². The van der Waals surface area contributed by atoms with Gasteiger partial charge in [0.1, 0.15) is 11.5 Å². The molecule has 0 aliphatic heterocycles. The van der Waals surface area contributed by atoms with Crippen LogP contribution < -0.4 is 15.4 Å². The van der Waals surface area contributed by atoms with Crippen LogP contribution in [0.15, 0.2) is 47.1 Å². The Labute approximate surface area is 130 Å². The molecule has 1 atom stereocenters. The van der Waals surface area contributed by atoms with E-state index in [0.717, 1.165) is 24.4 Å². The van der Waals surface area contributed by atoms with Crippen molar-refractivity contribution in [1.82, 2.24) is 10.6 Å². The smallest absolute Gasteiger partial charge is 0.315 e. The van der Waals surface area contributed by atoms with Gasteiger partial charge in [-0.25, -0.2) is 4.79 Å². The maximum absolute atomic E-state index is 11.8. The Morgan fingerprint density at radius 2 is 2.05 bits per heavy atom. The predicted molar refractivity (Wildman–Crippen MR) is 84.9 cm³/mol. The van der Waals surface area contributed by atoms with E-state index in [1.54, 1.807) is 19.4 Å². The molecule has 2 aromatic rings. The molecule has 1 heterocycles. The molecule has 0 aliphatic rings. The van der Waals surface area contributed by atoms with Crippen LogP contribution in [0.4, 0.5) is 4.79 Å². The number of hydrogen-bond acceptors (Lipinski definition) is 3. The number of urea groups is 1. The number of nitrogens with one attached hydrogen (secondary N) is 2. The van der Waals surface area contributed by atoms with Crippen LogP contribution in [-0.2, 0) is 13.0 Å². The molecule has 0 aliphatic carbocycles. The lowest BCUT2D eigenvalue weighted by molar-refractivity contribution is 0.236. The van der Waals surface area contributed by atoms with Crippen LogP contribution >= 0.6 is 0 Å². The molecule has 0 saturated heterocycles. The molecule has 22 heavy (non-hydrogen) atoms. The number of carbonyl (C=O) groups is 1. The largest absolute Gasteiger partial charge is 0.497 e. The molecule has 5 nitrogen and oxygen atoms in total. The van der Waals surface area contributed by atoms with Gasteiger partial charge in [-0.1, -0.05) is 12.1 Å². The van der Waals surface area contributed by atoms with Gasteiger partial charge in [-0.2, -0.15) is 0 Å². The van der Waals surface area contributed by atoms with Crippen molar-refractivity contribution >= 4 is 6.03 Å². The molecule has 1 aromatic carbocycles. The molecule has 1 aromatic heterocycles. The summed E-state index contributed by atoms with van der Waals surface area (Å²) in [6, 6.07) is 11.5. The van der Waals surface area contributed by atoms with Crippen LogP contribution in [0.25, 0.3) is 0 Å². The van der Waals surface area contributed by atoms with Crippen LogP contribution in [0.2, 0.25) is 0 Å². The quantitative estimate of drug-likeness (QED) is 0.826. The van der Waals surface area contributed by atoms with Crippen LogP contribution in [0.3, 0.4) is 0 Å². The summed E-state index contributed by atoms with van der Waals surface area (Å²) >= 11 is 0. The number of hydrogen-bond donors (Lipinski definition) is 2. The third-order valence-electron chi connectivity index (χ3n) is 3.41. The van der Waals surface area contributed by atoms with Crippen LogP contribution in [0.5, 0.6) is 5.75 Å². The summed E-state index contributed by atoms with van der Waals surface area (Å²) < 4.78 is 10.3.